The van der Waals surface area contributed by atoms with E-state index in [4.69, 9.17) is 0 Å². The van der Waals surface area contributed by atoms with Gasteiger partial charge in [0.05, 0.1) is 26.6 Å². The Morgan fingerprint density at radius 2 is 2.03 bits per heavy atom. The summed E-state index contributed by atoms with van der Waals surface area (Å²) in [6, 6.07) is 14.3. The van der Waals surface area contributed by atoms with Gasteiger partial charge in [0.25, 0.3) is 5.69 Å². The van der Waals surface area contributed by atoms with E-state index in [1.807, 2.05) is 37.3 Å². The quantitative estimate of drug-likeness (QED) is 0.264. The van der Waals surface area contributed by atoms with Gasteiger partial charge in [0.2, 0.25) is 5.91 Å². The number of aryl methyl sites for hydroxylation is 1. The van der Waals surface area contributed by atoms with Crippen molar-refractivity contribution in [1.29, 1.82) is 0 Å². The first-order valence-corrected chi connectivity index (χ1v) is 10.4. The van der Waals surface area contributed by atoms with Crippen LogP contribution in [0.1, 0.15) is 5.69 Å². The average molecular weight is 425 g/mol. The summed E-state index contributed by atoms with van der Waals surface area (Å²) >= 11 is 2.50. The van der Waals surface area contributed by atoms with Crippen molar-refractivity contribution in [1.82, 2.24) is 15.0 Å². The molecular weight excluding hydrogens is 410 g/mol. The fourth-order valence-electron chi connectivity index (χ4n) is 2.75. The molecule has 0 saturated carbocycles. The van der Waals surface area contributed by atoms with Crippen LogP contribution in [0.3, 0.4) is 0 Å². The minimum absolute atomic E-state index is 0.00279. The smallest absolute Gasteiger partial charge is 0.270 e. The van der Waals surface area contributed by atoms with Crippen molar-refractivity contribution in [3.8, 4) is 11.3 Å². The van der Waals surface area contributed by atoms with Crippen molar-refractivity contribution >= 4 is 50.0 Å². The van der Waals surface area contributed by atoms with Gasteiger partial charge in [-0.3, -0.25) is 14.9 Å². The number of nitrogens with one attached hydrogen (secondary N) is 2. The Morgan fingerprint density at radius 1 is 1.24 bits per heavy atom. The molecule has 146 valence electrons. The lowest BCUT2D eigenvalue weighted by Gasteiger charge is -1.99. The van der Waals surface area contributed by atoms with Crippen LogP contribution in [0, 0.1) is 17.0 Å². The number of thiazole rings is 1. The van der Waals surface area contributed by atoms with Crippen LogP contribution < -0.4 is 5.32 Å². The SMILES string of the molecule is Cc1[nH]c(SCC(=O)Nc2nc3ccc([N+](=O)[O-])cc3s2)nc1-c1ccccc1. The van der Waals surface area contributed by atoms with Crippen molar-refractivity contribution < 1.29 is 9.72 Å². The van der Waals surface area contributed by atoms with E-state index in [1.54, 1.807) is 6.07 Å². The number of H-pyrrole nitrogens is 1. The van der Waals surface area contributed by atoms with Gasteiger partial charge in [-0.15, -0.1) is 0 Å². The second-order valence-corrected chi connectivity index (χ2v) is 8.14. The molecule has 0 spiro atoms. The highest BCUT2D eigenvalue weighted by molar-refractivity contribution is 7.99. The molecule has 0 aliphatic heterocycles. The van der Waals surface area contributed by atoms with Crippen molar-refractivity contribution in [2.45, 2.75) is 12.1 Å². The van der Waals surface area contributed by atoms with E-state index in [1.165, 1.54) is 35.2 Å². The number of fused-ring (bicyclic) bond motifs is 1. The Balaban J connectivity index is 1.40. The Kier molecular flexibility index (Phi) is 5.28. The van der Waals surface area contributed by atoms with E-state index < -0.39 is 4.92 Å². The summed E-state index contributed by atoms with van der Waals surface area (Å²) in [7, 11) is 0. The van der Waals surface area contributed by atoms with Crippen molar-refractivity contribution in [3.05, 3.63) is 64.3 Å². The molecule has 0 aliphatic carbocycles. The van der Waals surface area contributed by atoms with E-state index in [0.717, 1.165) is 17.0 Å². The number of nitro benzene ring substituents is 1. The Bertz CT molecular complexity index is 1200. The zero-order valence-corrected chi connectivity index (χ0v) is 16.8. The van der Waals surface area contributed by atoms with Crippen LogP contribution in [-0.2, 0) is 4.79 Å². The first-order valence-electron chi connectivity index (χ1n) is 8.59. The summed E-state index contributed by atoms with van der Waals surface area (Å²) in [6.07, 6.45) is 0. The summed E-state index contributed by atoms with van der Waals surface area (Å²) in [5.74, 6) is -0.0593. The van der Waals surface area contributed by atoms with Gasteiger partial charge in [0, 0.05) is 23.4 Å². The van der Waals surface area contributed by atoms with Crippen molar-refractivity contribution in [2.24, 2.45) is 0 Å². The Hall–Kier alpha value is -3.24. The molecule has 4 aromatic rings. The van der Waals surface area contributed by atoms with Crippen LogP contribution in [0.5, 0.6) is 0 Å². The number of thioether (sulfide) groups is 1. The first-order chi connectivity index (χ1) is 14.0. The number of imidazole rings is 1. The number of hydrogen-bond donors (Lipinski definition) is 2. The van der Waals surface area contributed by atoms with Gasteiger partial charge in [-0.05, 0) is 13.0 Å². The molecule has 0 fully saturated rings. The van der Waals surface area contributed by atoms with E-state index in [-0.39, 0.29) is 17.3 Å². The lowest BCUT2D eigenvalue weighted by Crippen LogP contribution is -2.13. The molecule has 1 amide bonds. The summed E-state index contributed by atoms with van der Waals surface area (Å²) in [4.78, 5) is 34.8. The standard InChI is InChI=1S/C19H15N5O3S2/c1-11-17(12-5-3-2-4-6-12)23-18(20-11)28-10-16(25)22-19-21-14-8-7-13(24(26)27)9-15(14)29-19/h2-9H,10H2,1H3,(H,20,23)(H,21,22,25). The molecular formula is C19H15N5O3S2. The van der Waals surface area contributed by atoms with Crippen LogP contribution >= 0.6 is 23.1 Å². The van der Waals surface area contributed by atoms with Crippen LogP contribution in [0.4, 0.5) is 10.8 Å². The first kappa shape index (κ1) is 19.1. The third-order valence-electron chi connectivity index (χ3n) is 4.08. The van der Waals surface area contributed by atoms with E-state index in [9.17, 15) is 14.9 Å². The zero-order chi connectivity index (χ0) is 20.4. The van der Waals surface area contributed by atoms with Gasteiger partial charge in [0.15, 0.2) is 10.3 Å². The number of aromatic nitrogens is 3. The van der Waals surface area contributed by atoms with E-state index in [0.29, 0.717) is 20.5 Å². The maximum Gasteiger partial charge on any atom is 0.270 e. The second-order valence-electron chi connectivity index (χ2n) is 6.15. The van der Waals surface area contributed by atoms with E-state index >= 15 is 0 Å². The third kappa shape index (κ3) is 4.28. The van der Waals surface area contributed by atoms with E-state index in [2.05, 4.69) is 20.3 Å². The number of rotatable bonds is 6. The predicted octanol–water partition coefficient (Wildman–Crippen LogP) is 4.63. The number of nitro groups is 1. The zero-order valence-electron chi connectivity index (χ0n) is 15.2. The highest BCUT2D eigenvalue weighted by Gasteiger charge is 2.14. The van der Waals surface area contributed by atoms with Crippen LogP contribution in [0.15, 0.2) is 53.7 Å². The summed E-state index contributed by atoms with van der Waals surface area (Å²) in [5.41, 5.74) is 3.42. The molecule has 2 heterocycles. The fraction of sp³-hybridized carbons (Fsp3) is 0.105. The molecule has 2 aromatic carbocycles. The van der Waals surface area contributed by atoms with Crippen molar-refractivity contribution in [2.75, 3.05) is 11.1 Å². The number of non-ortho nitro benzene ring substituents is 1. The highest BCUT2D eigenvalue weighted by atomic mass is 32.2. The Morgan fingerprint density at radius 3 is 2.79 bits per heavy atom. The molecule has 0 unspecified atom stereocenters. The van der Waals surface area contributed by atoms with Gasteiger partial charge < -0.3 is 10.3 Å². The monoisotopic (exact) mass is 425 g/mol. The molecule has 2 N–H and O–H groups in total. The minimum Gasteiger partial charge on any atom is -0.337 e. The summed E-state index contributed by atoms with van der Waals surface area (Å²) < 4.78 is 0.649. The topological polar surface area (TPSA) is 114 Å². The number of amides is 1. The number of anilines is 1. The van der Waals surface area contributed by atoms with Gasteiger partial charge in [-0.1, -0.05) is 53.4 Å². The minimum atomic E-state index is -0.455. The van der Waals surface area contributed by atoms with Crippen molar-refractivity contribution in [3.63, 3.8) is 0 Å². The molecule has 0 radical (unpaired) electrons. The van der Waals surface area contributed by atoms with Gasteiger partial charge in [-0.2, -0.15) is 0 Å². The van der Waals surface area contributed by atoms with Gasteiger partial charge >= 0.3 is 0 Å². The van der Waals surface area contributed by atoms with Gasteiger partial charge in [-0.25, -0.2) is 9.97 Å². The fourth-order valence-corrected chi connectivity index (χ4v) is 4.38. The number of carbonyl (C=O) groups excluding carboxylic acids is 1. The molecule has 4 rings (SSSR count). The molecule has 0 saturated heterocycles. The number of hydrogen-bond acceptors (Lipinski definition) is 7. The molecule has 0 bridgehead atoms. The summed E-state index contributed by atoms with van der Waals surface area (Å²) in [6.45, 7) is 1.94. The third-order valence-corrected chi connectivity index (χ3v) is 5.89. The molecule has 0 aliphatic rings. The lowest BCUT2D eigenvalue weighted by molar-refractivity contribution is -0.384. The van der Waals surface area contributed by atoms with Gasteiger partial charge in [0.1, 0.15) is 0 Å². The maximum atomic E-state index is 12.3. The predicted molar refractivity (Wildman–Crippen MR) is 114 cm³/mol. The molecule has 0 atom stereocenters. The maximum absolute atomic E-state index is 12.3. The Labute approximate surface area is 173 Å². The molecule has 10 heteroatoms. The number of benzene rings is 2. The second kappa shape index (κ2) is 8.02. The summed E-state index contributed by atoms with van der Waals surface area (Å²) in [5, 5.41) is 14.7. The molecule has 8 nitrogen and oxygen atoms in total. The normalized spacial score (nSPS) is 10.9. The lowest BCUT2D eigenvalue weighted by atomic mass is 10.1. The van der Waals surface area contributed by atoms with Crippen LogP contribution in [0.25, 0.3) is 21.5 Å². The number of nitrogens with zero attached hydrogens (tertiary/aromatic N) is 3. The molecule has 29 heavy (non-hydrogen) atoms. The highest BCUT2D eigenvalue weighted by Crippen LogP contribution is 2.29. The largest absolute Gasteiger partial charge is 0.337 e. The number of aromatic amines is 1. The molecule has 2 aromatic heterocycles. The average Bonchev–Trinajstić information content (AvgIpc) is 3.28. The van der Waals surface area contributed by atoms with Crippen LogP contribution in [0.2, 0.25) is 0 Å². The number of carbonyl (C=O) groups is 1. The van der Waals surface area contributed by atoms with Crippen LogP contribution in [-0.4, -0.2) is 31.5 Å².